The average molecular weight is 468 g/mol. The van der Waals surface area contributed by atoms with Crippen LogP contribution >= 0.6 is 11.8 Å². The van der Waals surface area contributed by atoms with Crippen LogP contribution in [0.3, 0.4) is 0 Å². The van der Waals surface area contributed by atoms with E-state index in [1.807, 2.05) is 19.1 Å². The van der Waals surface area contributed by atoms with E-state index in [0.717, 1.165) is 22.6 Å². The van der Waals surface area contributed by atoms with E-state index in [1.165, 1.54) is 30.3 Å². The molecular weight excluding hydrogens is 443 g/mol. The highest BCUT2D eigenvalue weighted by atomic mass is 32.2. The van der Waals surface area contributed by atoms with Crippen molar-refractivity contribution < 1.29 is 27.8 Å². The molecule has 0 aliphatic carbocycles. The number of carbonyl (C=O) groups is 1. The second-order valence-electron chi connectivity index (χ2n) is 6.79. The van der Waals surface area contributed by atoms with E-state index >= 15 is 0 Å². The first kappa shape index (κ1) is 25.3. The van der Waals surface area contributed by atoms with Gasteiger partial charge in [-0.15, -0.1) is 11.8 Å². The van der Waals surface area contributed by atoms with Crippen LogP contribution in [0.5, 0.6) is 5.75 Å². The lowest BCUT2D eigenvalue weighted by atomic mass is 10.1. The van der Waals surface area contributed by atoms with Crippen LogP contribution in [0.15, 0.2) is 47.4 Å². The second-order valence-corrected chi connectivity index (χ2v) is 7.84. The zero-order chi connectivity index (χ0) is 23.7. The predicted molar refractivity (Wildman–Crippen MR) is 117 cm³/mol. The normalized spacial score (nSPS) is 10.9. The summed E-state index contributed by atoms with van der Waals surface area (Å²) >= 11 is 1.48. The number of benzene rings is 2. The number of carboxylic acid groups (broad SMARTS) is 1. The Kier molecular flexibility index (Phi) is 9.13. The summed E-state index contributed by atoms with van der Waals surface area (Å²) in [5, 5.41) is 15.5. The Hall–Kier alpha value is -3.01. The lowest BCUT2D eigenvalue weighted by Crippen LogP contribution is -2.09. The van der Waals surface area contributed by atoms with Gasteiger partial charge in [0.05, 0.1) is 11.3 Å². The van der Waals surface area contributed by atoms with E-state index in [0.29, 0.717) is 28.7 Å². The van der Waals surface area contributed by atoms with E-state index in [-0.39, 0.29) is 0 Å². The fraction of sp³-hybridized carbons (Fsp3) is 0.318. The summed E-state index contributed by atoms with van der Waals surface area (Å²) in [6, 6.07) is 10.0. The largest absolute Gasteiger partial charge is 0.482 e. The molecule has 32 heavy (non-hydrogen) atoms. The van der Waals surface area contributed by atoms with E-state index < -0.39 is 24.3 Å². The quantitative estimate of drug-likeness (QED) is 0.416. The topological polar surface area (TPSA) is 88.1 Å². The number of rotatable bonds is 7. The van der Waals surface area contributed by atoms with Crippen molar-refractivity contribution in [3.8, 4) is 17.1 Å². The van der Waals surface area contributed by atoms with Gasteiger partial charge in [-0.05, 0) is 42.8 Å². The first-order valence-electron chi connectivity index (χ1n) is 9.81. The number of ether oxygens (including phenoxy) is 1. The molecule has 0 atom stereocenters. The summed E-state index contributed by atoms with van der Waals surface area (Å²) in [4.78, 5) is 15.8. The molecule has 3 rings (SSSR count). The molecule has 0 bridgehead atoms. The molecular formula is C22H24F3N3O3S. The molecule has 2 N–H and O–H groups in total. The summed E-state index contributed by atoms with van der Waals surface area (Å²) in [6.45, 7) is 5.66. The van der Waals surface area contributed by atoms with Gasteiger partial charge in [0.15, 0.2) is 12.4 Å². The molecule has 0 radical (unpaired) electrons. The minimum atomic E-state index is -4.38. The van der Waals surface area contributed by atoms with Crippen LogP contribution in [0.2, 0.25) is 0 Å². The minimum Gasteiger partial charge on any atom is -0.482 e. The van der Waals surface area contributed by atoms with Gasteiger partial charge in [0, 0.05) is 10.5 Å². The Morgan fingerprint density at radius 1 is 1.16 bits per heavy atom. The van der Waals surface area contributed by atoms with Gasteiger partial charge in [-0.25, -0.2) is 9.78 Å². The van der Waals surface area contributed by atoms with Crippen molar-refractivity contribution >= 4 is 17.7 Å². The number of halogens is 3. The molecule has 0 spiro atoms. The number of nitrogens with zero attached hydrogens (tertiary/aromatic N) is 2. The molecule has 172 valence electrons. The Morgan fingerprint density at radius 2 is 1.81 bits per heavy atom. The predicted octanol–water partition coefficient (Wildman–Crippen LogP) is 5.97. The van der Waals surface area contributed by atoms with Gasteiger partial charge in [-0.2, -0.15) is 18.3 Å². The number of aryl methyl sites for hydroxylation is 1. The summed E-state index contributed by atoms with van der Waals surface area (Å²) in [6.07, 6.45) is -3.13. The third kappa shape index (κ3) is 7.60. The number of H-pyrrole nitrogens is 1. The third-order valence-corrected chi connectivity index (χ3v) is 4.88. The van der Waals surface area contributed by atoms with E-state index in [4.69, 9.17) is 9.84 Å². The van der Waals surface area contributed by atoms with Gasteiger partial charge in [-0.3, -0.25) is 5.10 Å². The first-order valence-corrected chi connectivity index (χ1v) is 10.8. The monoisotopic (exact) mass is 467 g/mol. The molecule has 0 saturated heterocycles. The van der Waals surface area contributed by atoms with Crippen molar-refractivity contribution in [2.45, 2.75) is 44.0 Å². The van der Waals surface area contributed by atoms with Crippen LogP contribution in [0.1, 0.15) is 37.2 Å². The smallest absolute Gasteiger partial charge is 0.416 e. The number of nitrogens with one attached hydrogen (secondary N) is 1. The zero-order valence-corrected chi connectivity index (χ0v) is 18.7. The maximum absolute atomic E-state index is 12.6. The van der Waals surface area contributed by atoms with Gasteiger partial charge in [0.2, 0.25) is 0 Å². The molecule has 0 unspecified atom stereocenters. The number of aromatic nitrogens is 3. The molecule has 1 aromatic heterocycles. The fourth-order valence-corrected chi connectivity index (χ4v) is 3.32. The van der Waals surface area contributed by atoms with Crippen molar-refractivity contribution in [2.24, 2.45) is 0 Å². The van der Waals surface area contributed by atoms with Crippen molar-refractivity contribution in [1.29, 1.82) is 0 Å². The number of aliphatic carboxylic acids is 1. The van der Waals surface area contributed by atoms with Crippen LogP contribution in [-0.2, 0) is 16.7 Å². The summed E-state index contributed by atoms with van der Waals surface area (Å²) in [5.74, 6) is 0.831. The minimum absolute atomic E-state index is 0.322. The highest BCUT2D eigenvalue weighted by Crippen LogP contribution is 2.31. The number of hydrogen-bond donors (Lipinski definition) is 2. The van der Waals surface area contributed by atoms with Crippen molar-refractivity contribution in [2.75, 3.05) is 6.61 Å². The first-order chi connectivity index (χ1) is 15.1. The molecule has 10 heteroatoms. The molecule has 0 amide bonds. The van der Waals surface area contributed by atoms with Crippen LogP contribution < -0.4 is 4.74 Å². The van der Waals surface area contributed by atoms with Crippen molar-refractivity contribution in [3.05, 3.63) is 59.4 Å². The Bertz CT molecular complexity index is 1020. The SMILES string of the molecule is CCC.Cc1cc(SCc2nc(-c3ccc(C(F)(F)F)cc3)n[nH]2)ccc1OCC(=O)O. The lowest BCUT2D eigenvalue weighted by Gasteiger charge is -2.08. The maximum Gasteiger partial charge on any atom is 0.416 e. The standard InChI is InChI=1S/C19H16F3N3O3S.C3H8/c1-11-8-14(6-7-15(11)28-9-17(26)27)29-10-16-23-18(25-24-16)12-2-4-13(5-3-12)19(20,21)22;1-3-2/h2-8H,9-10H2,1H3,(H,26,27)(H,23,24,25);3H2,1-2H3. The van der Waals surface area contributed by atoms with E-state index in [1.54, 1.807) is 6.07 Å². The highest BCUT2D eigenvalue weighted by molar-refractivity contribution is 7.98. The lowest BCUT2D eigenvalue weighted by molar-refractivity contribution is -0.139. The number of hydrogen-bond acceptors (Lipinski definition) is 5. The summed E-state index contributed by atoms with van der Waals surface area (Å²) in [5.41, 5.74) is 0.569. The summed E-state index contributed by atoms with van der Waals surface area (Å²) < 4.78 is 43.1. The van der Waals surface area contributed by atoms with Crippen molar-refractivity contribution in [3.63, 3.8) is 0 Å². The maximum atomic E-state index is 12.6. The molecule has 1 heterocycles. The van der Waals surface area contributed by atoms with E-state index in [9.17, 15) is 18.0 Å². The van der Waals surface area contributed by atoms with Crippen LogP contribution in [0.4, 0.5) is 13.2 Å². The molecule has 2 aromatic carbocycles. The molecule has 6 nitrogen and oxygen atoms in total. The Balaban J connectivity index is 0.00000114. The van der Waals surface area contributed by atoms with Gasteiger partial charge in [0.25, 0.3) is 0 Å². The van der Waals surface area contributed by atoms with Crippen LogP contribution in [0, 0.1) is 6.92 Å². The molecule has 0 saturated carbocycles. The zero-order valence-electron chi connectivity index (χ0n) is 17.9. The van der Waals surface area contributed by atoms with Gasteiger partial charge in [-0.1, -0.05) is 32.4 Å². The Morgan fingerprint density at radius 3 is 2.38 bits per heavy atom. The Labute approximate surface area is 188 Å². The van der Waals surface area contributed by atoms with Gasteiger partial charge >= 0.3 is 12.1 Å². The third-order valence-electron chi connectivity index (χ3n) is 3.88. The second kappa shape index (κ2) is 11.6. The van der Waals surface area contributed by atoms with E-state index in [2.05, 4.69) is 29.0 Å². The molecule has 0 aliphatic heterocycles. The molecule has 0 fully saturated rings. The van der Waals surface area contributed by atoms with Crippen LogP contribution in [0.25, 0.3) is 11.4 Å². The number of thioether (sulfide) groups is 1. The molecule has 3 aromatic rings. The van der Waals surface area contributed by atoms with Crippen LogP contribution in [-0.4, -0.2) is 32.9 Å². The fourth-order valence-electron chi connectivity index (χ4n) is 2.46. The van der Waals surface area contributed by atoms with Gasteiger partial charge < -0.3 is 9.84 Å². The number of carboxylic acids is 1. The van der Waals surface area contributed by atoms with Crippen molar-refractivity contribution in [1.82, 2.24) is 15.2 Å². The molecule has 0 aliphatic rings. The highest BCUT2D eigenvalue weighted by Gasteiger charge is 2.30. The van der Waals surface area contributed by atoms with Gasteiger partial charge in [0.1, 0.15) is 11.6 Å². The summed E-state index contributed by atoms with van der Waals surface area (Å²) in [7, 11) is 0. The number of aromatic amines is 1. The average Bonchev–Trinajstić information content (AvgIpc) is 3.20. The number of alkyl halides is 3.